The predicted octanol–water partition coefficient (Wildman–Crippen LogP) is 4.80. The van der Waals surface area contributed by atoms with Crippen molar-refractivity contribution in [1.29, 1.82) is 0 Å². The number of methoxy groups -OCH3 is 1. The quantitative estimate of drug-likeness (QED) is 0.465. The standard InChI is InChI=1S/C25H21N3O2/c1-30-20-9-6-17(7-10-20)18-8-11-24-22(14-18)25(29)28(16-27-24)13-12-19-15-26-23-5-3-2-4-21(19)23/h2-11,14-16,26H,12-13H2,1H3. The van der Waals surface area contributed by atoms with Gasteiger partial charge in [0, 0.05) is 23.6 Å². The maximum absolute atomic E-state index is 13.1. The molecule has 0 amide bonds. The SMILES string of the molecule is COc1ccc(-c2ccc3ncn(CCc4c[nH]c5ccccc45)c(=O)c3c2)cc1. The van der Waals surface area contributed by atoms with Crippen molar-refractivity contribution in [3.8, 4) is 16.9 Å². The van der Waals surface area contributed by atoms with E-state index in [1.807, 2.05) is 60.8 Å². The molecule has 0 aliphatic rings. The summed E-state index contributed by atoms with van der Waals surface area (Å²) in [7, 11) is 1.65. The van der Waals surface area contributed by atoms with Crippen LogP contribution in [0, 0.1) is 0 Å². The van der Waals surface area contributed by atoms with Crippen molar-refractivity contribution in [3.05, 3.63) is 95.2 Å². The molecule has 5 rings (SSSR count). The highest BCUT2D eigenvalue weighted by Crippen LogP contribution is 2.24. The van der Waals surface area contributed by atoms with Crippen LogP contribution in [0.15, 0.2) is 84.0 Å². The fraction of sp³-hybridized carbons (Fsp3) is 0.120. The Bertz CT molecular complexity index is 1400. The zero-order valence-corrected chi connectivity index (χ0v) is 16.6. The van der Waals surface area contributed by atoms with Gasteiger partial charge in [-0.15, -0.1) is 0 Å². The van der Waals surface area contributed by atoms with Gasteiger partial charge in [0.05, 0.1) is 24.3 Å². The molecule has 1 N–H and O–H groups in total. The van der Waals surface area contributed by atoms with Crippen molar-refractivity contribution in [2.75, 3.05) is 7.11 Å². The maximum atomic E-state index is 13.1. The second-order valence-electron chi connectivity index (χ2n) is 7.31. The monoisotopic (exact) mass is 395 g/mol. The average molecular weight is 395 g/mol. The Balaban J connectivity index is 1.47. The molecule has 0 saturated heterocycles. The van der Waals surface area contributed by atoms with Crippen LogP contribution in [0.25, 0.3) is 32.9 Å². The summed E-state index contributed by atoms with van der Waals surface area (Å²) in [6.45, 7) is 0.580. The molecule has 2 heterocycles. The van der Waals surface area contributed by atoms with Gasteiger partial charge in [-0.05, 0) is 53.4 Å². The van der Waals surface area contributed by atoms with Gasteiger partial charge in [-0.25, -0.2) is 4.98 Å². The third kappa shape index (κ3) is 3.24. The van der Waals surface area contributed by atoms with Gasteiger partial charge in [-0.3, -0.25) is 9.36 Å². The molecule has 0 aliphatic carbocycles. The molecule has 5 aromatic rings. The molecule has 5 heteroatoms. The fourth-order valence-electron chi connectivity index (χ4n) is 3.86. The zero-order chi connectivity index (χ0) is 20.5. The fourth-order valence-corrected chi connectivity index (χ4v) is 3.86. The van der Waals surface area contributed by atoms with Crippen LogP contribution >= 0.6 is 0 Å². The largest absolute Gasteiger partial charge is 0.497 e. The predicted molar refractivity (Wildman–Crippen MR) is 120 cm³/mol. The van der Waals surface area contributed by atoms with E-state index in [2.05, 4.69) is 22.1 Å². The molecule has 2 aromatic heterocycles. The van der Waals surface area contributed by atoms with Crippen molar-refractivity contribution in [1.82, 2.24) is 14.5 Å². The summed E-state index contributed by atoms with van der Waals surface area (Å²) in [6, 6.07) is 21.8. The van der Waals surface area contributed by atoms with Gasteiger partial charge in [0.25, 0.3) is 5.56 Å². The number of rotatable bonds is 5. The number of nitrogens with one attached hydrogen (secondary N) is 1. The number of nitrogens with zero attached hydrogens (tertiary/aromatic N) is 2. The van der Waals surface area contributed by atoms with Crippen LogP contribution < -0.4 is 10.3 Å². The number of aromatic amines is 1. The maximum Gasteiger partial charge on any atom is 0.261 e. The Morgan fingerprint density at radius 1 is 0.967 bits per heavy atom. The molecule has 0 radical (unpaired) electrons. The molecular weight excluding hydrogens is 374 g/mol. The first-order valence-corrected chi connectivity index (χ1v) is 9.91. The molecule has 148 valence electrons. The Labute approximate surface area is 173 Å². The summed E-state index contributed by atoms with van der Waals surface area (Å²) in [4.78, 5) is 20.9. The lowest BCUT2D eigenvalue weighted by atomic mass is 10.0. The van der Waals surface area contributed by atoms with Crippen molar-refractivity contribution < 1.29 is 4.74 Å². The van der Waals surface area contributed by atoms with Crippen LogP contribution in [0.4, 0.5) is 0 Å². The minimum Gasteiger partial charge on any atom is -0.497 e. The summed E-state index contributed by atoms with van der Waals surface area (Å²) < 4.78 is 6.93. The number of para-hydroxylation sites is 1. The molecular formula is C25H21N3O2. The van der Waals surface area contributed by atoms with Crippen molar-refractivity contribution in [2.24, 2.45) is 0 Å². The highest BCUT2D eigenvalue weighted by molar-refractivity contribution is 5.84. The Hall–Kier alpha value is -3.86. The number of H-pyrrole nitrogens is 1. The molecule has 0 saturated carbocycles. The van der Waals surface area contributed by atoms with E-state index in [-0.39, 0.29) is 5.56 Å². The lowest BCUT2D eigenvalue weighted by molar-refractivity contribution is 0.415. The minimum absolute atomic E-state index is 0.0183. The first kappa shape index (κ1) is 18.2. The molecule has 0 fully saturated rings. The lowest BCUT2D eigenvalue weighted by Gasteiger charge is -2.08. The number of fused-ring (bicyclic) bond motifs is 2. The Kier molecular flexibility index (Phi) is 4.56. The van der Waals surface area contributed by atoms with E-state index in [0.29, 0.717) is 17.4 Å². The normalized spacial score (nSPS) is 11.2. The zero-order valence-electron chi connectivity index (χ0n) is 16.6. The first-order valence-electron chi connectivity index (χ1n) is 9.91. The van der Waals surface area contributed by atoms with Crippen molar-refractivity contribution in [2.45, 2.75) is 13.0 Å². The summed E-state index contributed by atoms with van der Waals surface area (Å²) >= 11 is 0. The van der Waals surface area contributed by atoms with Gasteiger partial charge in [0.2, 0.25) is 0 Å². The summed E-state index contributed by atoms with van der Waals surface area (Å²) in [5, 5.41) is 1.82. The number of ether oxygens (including phenoxy) is 1. The van der Waals surface area contributed by atoms with Gasteiger partial charge in [0.1, 0.15) is 5.75 Å². The molecule has 5 nitrogen and oxygen atoms in total. The second kappa shape index (κ2) is 7.52. The van der Waals surface area contributed by atoms with Crippen LogP contribution in [-0.2, 0) is 13.0 Å². The van der Waals surface area contributed by atoms with Crippen molar-refractivity contribution >= 4 is 21.8 Å². The van der Waals surface area contributed by atoms with Crippen LogP contribution in [0.3, 0.4) is 0 Å². The van der Waals surface area contributed by atoms with E-state index in [1.54, 1.807) is 18.0 Å². The molecule has 0 spiro atoms. The van der Waals surface area contributed by atoms with E-state index < -0.39 is 0 Å². The third-order valence-electron chi connectivity index (χ3n) is 5.54. The van der Waals surface area contributed by atoms with Crippen LogP contribution in [0.1, 0.15) is 5.56 Å². The second-order valence-corrected chi connectivity index (χ2v) is 7.31. The van der Waals surface area contributed by atoms with Crippen LogP contribution in [0.5, 0.6) is 5.75 Å². The molecule has 30 heavy (non-hydrogen) atoms. The highest BCUT2D eigenvalue weighted by Gasteiger charge is 2.09. The minimum atomic E-state index is -0.0183. The molecule has 0 aliphatic heterocycles. The van der Waals surface area contributed by atoms with Crippen LogP contribution in [-0.4, -0.2) is 21.6 Å². The van der Waals surface area contributed by atoms with Gasteiger partial charge in [-0.1, -0.05) is 36.4 Å². The smallest absolute Gasteiger partial charge is 0.261 e. The summed E-state index contributed by atoms with van der Waals surface area (Å²) in [6.07, 6.45) is 4.42. The van der Waals surface area contributed by atoms with E-state index in [4.69, 9.17) is 4.74 Å². The third-order valence-corrected chi connectivity index (χ3v) is 5.54. The number of benzene rings is 3. The highest BCUT2D eigenvalue weighted by atomic mass is 16.5. The Morgan fingerprint density at radius 2 is 1.77 bits per heavy atom. The summed E-state index contributed by atoms with van der Waals surface area (Å²) in [5.74, 6) is 0.806. The van der Waals surface area contributed by atoms with E-state index in [1.165, 1.54) is 10.9 Å². The van der Waals surface area contributed by atoms with Gasteiger partial charge in [-0.2, -0.15) is 0 Å². The van der Waals surface area contributed by atoms with Gasteiger partial charge >= 0.3 is 0 Å². The van der Waals surface area contributed by atoms with Gasteiger partial charge in [0.15, 0.2) is 0 Å². The van der Waals surface area contributed by atoms with Crippen LogP contribution in [0.2, 0.25) is 0 Å². The van der Waals surface area contributed by atoms with Gasteiger partial charge < -0.3 is 9.72 Å². The number of hydrogen-bond donors (Lipinski definition) is 1. The Morgan fingerprint density at radius 3 is 2.60 bits per heavy atom. The van der Waals surface area contributed by atoms with Crippen molar-refractivity contribution in [3.63, 3.8) is 0 Å². The summed E-state index contributed by atoms with van der Waals surface area (Å²) in [5.41, 5.74) is 5.02. The molecule has 0 atom stereocenters. The van der Waals surface area contributed by atoms with E-state index >= 15 is 0 Å². The molecule has 0 unspecified atom stereocenters. The van der Waals surface area contributed by atoms with E-state index in [0.717, 1.165) is 28.8 Å². The number of hydrogen-bond acceptors (Lipinski definition) is 3. The number of aromatic nitrogens is 3. The number of aryl methyl sites for hydroxylation is 2. The first-order chi connectivity index (χ1) is 14.7. The molecule has 0 bridgehead atoms. The molecule has 3 aromatic carbocycles. The van der Waals surface area contributed by atoms with E-state index in [9.17, 15) is 4.79 Å². The average Bonchev–Trinajstić information content (AvgIpc) is 3.22. The topological polar surface area (TPSA) is 59.9 Å². The lowest BCUT2D eigenvalue weighted by Crippen LogP contribution is -2.21.